The third-order valence-corrected chi connectivity index (χ3v) is 4.11. The summed E-state index contributed by atoms with van der Waals surface area (Å²) in [5.74, 6) is 6.67. The Balaban J connectivity index is 1.90. The highest BCUT2D eigenvalue weighted by molar-refractivity contribution is 9.10. The van der Waals surface area contributed by atoms with Crippen LogP contribution in [-0.2, 0) is 11.4 Å². The van der Waals surface area contributed by atoms with Crippen LogP contribution in [0.15, 0.2) is 16.6 Å². The highest BCUT2D eigenvalue weighted by atomic mass is 79.9. The van der Waals surface area contributed by atoms with Crippen LogP contribution in [0.25, 0.3) is 0 Å². The summed E-state index contributed by atoms with van der Waals surface area (Å²) in [5.41, 5.74) is 1.22. The Bertz CT molecular complexity index is 446. The first-order valence-corrected chi connectivity index (χ1v) is 6.41. The number of nitrogens with two attached hydrogens (primary N) is 1. The van der Waals surface area contributed by atoms with E-state index in [4.69, 9.17) is 15.4 Å². The van der Waals surface area contributed by atoms with Gasteiger partial charge in [0.15, 0.2) is 11.5 Å². The predicted octanol–water partition coefficient (Wildman–Crippen LogP) is 2.39. The van der Waals surface area contributed by atoms with Crippen LogP contribution in [0, 0.1) is 5.41 Å². The molecule has 0 radical (unpaired) electrons. The Morgan fingerprint density at radius 3 is 2.47 bits per heavy atom. The molecule has 0 saturated heterocycles. The Kier molecular flexibility index (Phi) is 2.77. The van der Waals surface area contributed by atoms with E-state index in [0.717, 1.165) is 34.7 Å². The molecule has 5 heteroatoms. The minimum atomic E-state index is 0.260. The monoisotopic (exact) mass is 299 g/mol. The van der Waals surface area contributed by atoms with Crippen molar-refractivity contribution >= 4 is 15.9 Å². The maximum Gasteiger partial charge on any atom is 0.162 e. The van der Waals surface area contributed by atoms with Gasteiger partial charge in [-0.3, -0.25) is 4.84 Å². The van der Waals surface area contributed by atoms with Crippen molar-refractivity contribution in [1.29, 1.82) is 0 Å². The van der Waals surface area contributed by atoms with Crippen molar-refractivity contribution in [3.8, 4) is 11.5 Å². The molecule has 1 aromatic rings. The number of hydrogen-bond donors (Lipinski definition) is 1. The minimum absolute atomic E-state index is 0.260. The first-order valence-electron chi connectivity index (χ1n) is 5.62. The summed E-state index contributed by atoms with van der Waals surface area (Å²) in [6.07, 6.45) is 2.39. The van der Waals surface area contributed by atoms with Gasteiger partial charge in [-0.15, -0.1) is 0 Å². The molecule has 0 atom stereocenters. The van der Waals surface area contributed by atoms with E-state index < -0.39 is 0 Å². The predicted molar refractivity (Wildman–Crippen MR) is 65.8 cm³/mol. The van der Waals surface area contributed by atoms with Gasteiger partial charge in [-0.05, 0) is 30.5 Å². The lowest BCUT2D eigenvalue weighted by Gasteiger charge is -2.10. The summed E-state index contributed by atoms with van der Waals surface area (Å²) in [6.45, 7) is 1.84. The molecule has 1 spiro atoms. The van der Waals surface area contributed by atoms with Crippen molar-refractivity contribution in [2.75, 3.05) is 13.2 Å². The number of fused-ring (bicyclic) bond motifs is 1. The lowest BCUT2D eigenvalue weighted by atomic mass is 10.1. The van der Waals surface area contributed by atoms with Crippen molar-refractivity contribution in [2.24, 2.45) is 11.3 Å². The third-order valence-electron chi connectivity index (χ3n) is 3.38. The molecule has 0 aromatic heterocycles. The van der Waals surface area contributed by atoms with Crippen molar-refractivity contribution < 1.29 is 14.3 Å². The Morgan fingerprint density at radius 2 is 1.88 bits per heavy atom. The van der Waals surface area contributed by atoms with Gasteiger partial charge >= 0.3 is 0 Å². The van der Waals surface area contributed by atoms with E-state index in [1.54, 1.807) is 0 Å². The van der Waals surface area contributed by atoms with Crippen LogP contribution in [0.3, 0.4) is 0 Å². The van der Waals surface area contributed by atoms with Gasteiger partial charge in [0.25, 0.3) is 0 Å². The molecular formula is C12H14BrNO3. The maximum atomic E-state index is 5.83. The van der Waals surface area contributed by atoms with Gasteiger partial charge in [0, 0.05) is 9.89 Å². The Morgan fingerprint density at radius 1 is 1.24 bits per heavy atom. The molecular weight excluding hydrogens is 286 g/mol. The zero-order chi connectivity index (χ0) is 11.9. The fourth-order valence-electron chi connectivity index (χ4n) is 1.97. The van der Waals surface area contributed by atoms with Crippen LogP contribution in [0.2, 0.25) is 0 Å². The molecule has 3 rings (SSSR count). The SMILES string of the molecule is NOCc1cc2c(cc1Br)OCC1(CC1)CO2. The Hall–Kier alpha value is -0.780. The molecule has 2 N–H and O–H groups in total. The zero-order valence-corrected chi connectivity index (χ0v) is 11.0. The molecule has 1 aliphatic carbocycles. The van der Waals surface area contributed by atoms with Gasteiger partial charge < -0.3 is 9.47 Å². The van der Waals surface area contributed by atoms with Crippen molar-refractivity contribution in [3.05, 3.63) is 22.2 Å². The summed E-state index contributed by atoms with van der Waals surface area (Å²) < 4.78 is 12.6. The summed E-state index contributed by atoms with van der Waals surface area (Å²) in [5, 5.41) is 0. The number of benzene rings is 1. The zero-order valence-electron chi connectivity index (χ0n) is 9.37. The molecule has 1 heterocycles. The van der Waals surface area contributed by atoms with Crippen LogP contribution >= 0.6 is 15.9 Å². The summed E-state index contributed by atoms with van der Waals surface area (Å²) in [7, 11) is 0. The average Bonchev–Trinajstić information content (AvgIpc) is 3.10. The second-order valence-electron chi connectivity index (χ2n) is 4.78. The van der Waals surface area contributed by atoms with Crippen LogP contribution < -0.4 is 15.4 Å². The van der Waals surface area contributed by atoms with Gasteiger partial charge in [-0.2, -0.15) is 0 Å². The standard InChI is InChI=1S/C12H14BrNO3/c13-9-4-11-10(3-8(9)5-17-14)15-6-12(1-2-12)7-16-11/h3-4H,1-2,5-7,14H2. The number of ether oxygens (including phenoxy) is 2. The largest absolute Gasteiger partial charge is 0.489 e. The van der Waals surface area contributed by atoms with Gasteiger partial charge in [0.1, 0.15) is 0 Å². The fraction of sp³-hybridized carbons (Fsp3) is 0.500. The van der Waals surface area contributed by atoms with Crippen molar-refractivity contribution in [3.63, 3.8) is 0 Å². The summed E-state index contributed by atoms with van der Waals surface area (Å²) >= 11 is 3.47. The summed E-state index contributed by atoms with van der Waals surface area (Å²) in [4.78, 5) is 4.66. The first-order chi connectivity index (χ1) is 8.22. The van der Waals surface area contributed by atoms with E-state index in [9.17, 15) is 0 Å². The van der Waals surface area contributed by atoms with E-state index in [1.807, 2.05) is 12.1 Å². The third kappa shape index (κ3) is 2.14. The topological polar surface area (TPSA) is 53.7 Å². The second-order valence-corrected chi connectivity index (χ2v) is 5.63. The van der Waals surface area contributed by atoms with E-state index in [0.29, 0.717) is 6.61 Å². The van der Waals surface area contributed by atoms with E-state index >= 15 is 0 Å². The van der Waals surface area contributed by atoms with Crippen molar-refractivity contribution in [1.82, 2.24) is 0 Å². The molecule has 1 fully saturated rings. The maximum absolute atomic E-state index is 5.83. The fourth-order valence-corrected chi connectivity index (χ4v) is 2.41. The molecule has 1 aromatic carbocycles. The van der Waals surface area contributed by atoms with Crippen LogP contribution in [0.5, 0.6) is 11.5 Å². The van der Waals surface area contributed by atoms with Gasteiger partial charge in [0.2, 0.25) is 0 Å². The number of halogens is 1. The first kappa shape index (κ1) is 11.3. The van der Waals surface area contributed by atoms with E-state index in [2.05, 4.69) is 20.8 Å². The number of rotatable bonds is 2. The molecule has 17 heavy (non-hydrogen) atoms. The molecule has 0 unspecified atom stereocenters. The van der Waals surface area contributed by atoms with E-state index in [-0.39, 0.29) is 5.41 Å². The van der Waals surface area contributed by atoms with Gasteiger partial charge in [-0.1, -0.05) is 15.9 Å². The second kappa shape index (κ2) is 4.15. The summed E-state index contributed by atoms with van der Waals surface area (Å²) in [6, 6.07) is 3.85. The normalized spacial score (nSPS) is 20.1. The van der Waals surface area contributed by atoms with Crippen LogP contribution in [-0.4, -0.2) is 13.2 Å². The molecule has 1 saturated carbocycles. The quantitative estimate of drug-likeness (QED) is 0.852. The Labute approximate surface area is 108 Å². The molecule has 0 bridgehead atoms. The van der Waals surface area contributed by atoms with Crippen molar-refractivity contribution in [2.45, 2.75) is 19.4 Å². The van der Waals surface area contributed by atoms with Gasteiger partial charge in [0.05, 0.1) is 19.8 Å². The van der Waals surface area contributed by atoms with Gasteiger partial charge in [-0.25, -0.2) is 5.90 Å². The number of hydrogen-bond acceptors (Lipinski definition) is 4. The smallest absolute Gasteiger partial charge is 0.162 e. The van der Waals surface area contributed by atoms with E-state index in [1.165, 1.54) is 12.8 Å². The average molecular weight is 300 g/mol. The molecule has 1 aliphatic heterocycles. The lowest BCUT2D eigenvalue weighted by molar-refractivity contribution is 0.123. The minimum Gasteiger partial charge on any atom is -0.489 e. The molecule has 4 nitrogen and oxygen atoms in total. The highest BCUT2D eigenvalue weighted by Gasteiger charge is 2.46. The molecule has 2 aliphatic rings. The van der Waals surface area contributed by atoms with Crippen LogP contribution in [0.4, 0.5) is 0 Å². The van der Waals surface area contributed by atoms with Crippen LogP contribution in [0.1, 0.15) is 18.4 Å². The lowest BCUT2D eigenvalue weighted by Crippen LogP contribution is -2.17. The highest BCUT2D eigenvalue weighted by Crippen LogP contribution is 2.49. The molecule has 0 amide bonds. The molecule has 92 valence electrons.